The molecule has 104 valence electrons. The second-order valence-electron chi connectivity index (χ2n) is 3.55. The average molecular weight is 292 g/mol. The number of nitro benzene ring substituents is 1. The first-order valence-corrected chi connectivity index (χ1v) is 6.32. The van der Waals surface area contributed by atoms with Crippen molar-refractivity contribution >= 4 is 21.7 Å². The van der Waals surface area contributed by atoms with E-state index in [0.29, 0.717) is 12.1 Å². The van der Waals surface area contributed by atoms with Gasteiger partial charge in [-0.05, 0) is 13.0 Å². The Bertz CT molecular complexity index is 630. The van der Waals surface area contributed by atoms with Crippen LogP contribution in [-0.2, 0) is 14.8 Å². The minimum atomic E-state index is -4.26. The lowest BCUT2D eigenvalue weighted by molar-refractivity contribution is -0.387. The van der Waals surface area contributed by atoms with Gasteiger partial charge in [-0.25, -0.2) is 8.42 Å². The van der Waals surface area contributed by atoms with Crippen LogP contribution < -0.4 is 4.72 Å². The van der Waals surface area contributed by atoms with Crippen LogP contribution in [-0.4, -0.2) is 30.5 Å². The maximum atomic E-state index is 13.3. The lowest BCUT2D eigenvalue weighted by Crippen LogP contribution is -2.38. The van der Waals surface area contributed by atoms with E-state index in [1.165, 1.54) is 0 Å². The monoisotopic (exact) mass is 292 g/mol. The smallest absolute Gasteiger partial charge is 0.321 e. The largest absolute Gasteiger partial charge is 0.480 e. The molecule has 0 aliphatic heterocycles. The van der Waals surface area contributed by atoms with Crippen LogP contribution in [0.25, 0.3) is 0 Å². The molecule has 19 heavy (non-hydrogen) atoms. The van der Waals surface area contributed by atoms with Gasteiger partial charge in [0.2, 0.25) is 15.8 Å². The zero-order valence-electron chi connectivity index (χ0n) is 9.53. The molecule has 0 saturated heterocycles. The van der Waals surface area contributed by atoms with Crippen LogP contribution in [0.2, 0.25) is 0 Å². The van der Waals surface area contributed by atoms with Crippen LogP contribution in [0.4, 0.5) is 10.1 Å². The molecule has 1 rings (SSSR count). The molecule has 8 nitrogen and oxygen atoms in total. The first-order chi connectivity index (χ1) is 8.65. The van der Waals surface area contributed by atoms with Crippen LogP contribution in [0.1, 0.15) is 6.92 Å². The van der Waals surface area contributed by atoms with Crippen molar-refractivity contribution in [1.82, 2.24) is 4.72 Å². The fraction of sp³-hybridized carbons (Fsp3) is 0.222. The third-order valence-electron chi connectivity index (χ3n) is 2.13. The summed E-state index contributed by atoms with van der Waals surface area (Å²) < 4.78 is 38.4. The van der Waals surface area contributed by atoms with E-state index < -0.39 is 43.4 Å². The maximum Gasteiger partial charge on any atom is 0.321 e. The van der Waals surface area contributed by atoms with Gasteiger partial charge in [-0.2, -0.15) is 9.11 Å². The van der Waals surface area contributed by atoms with E-state index in [2.05, 4.69) is 0 Å². The number of sulfonamides is 1. The number of carbonyl (C=O) groups is 1. The van der Waals surface area contributed by atoms with Crippen molar-refractivity contribution in [3.05, 3.63) is 34.1 Å². The Balaban J connectivity index is 3.13. The Morgan fingerprint density at radius 2 is 2.11 bits per heavy atom. The molecule has 0 bridgehead atoms. The zero-order valence-corrected chi connectivity index (χ0v) is 10.3. The first kappa shape index (κ1) is 15.0. The van der Waals surface area contributed by atoms with Gasteiger partial charge in [0.1, 0.15) is 6.04 Å². The molecule has 1 unspecified atom stereocenters. The van der Waals surface area contributed by atoms with Crippen molar-refractivity contribution in [3.8, 4) is 0 Å². The highest BCUT2D eigenvalue weighted by Crippen LogP contribution is 2.20. The van der Waals surface area contributed by atoms with Crippen molar-refractivity contribution < 1.29 is 27.6 Å². The Hall–Kier alpha value is -2.07. The maximum absolute atomic E-state index is 13.3. The number of hydrogen-bond acceptors (Lipinski definition) is 5. The van der Waals surface area contributed by atoms with Crippen molar-refractivity contribution in [1.29, 1.82) is 0 Å². The van der Waals surface area contributed by atoms with Crippen LogP contribution in [0.5, 0.6) is 0 Å². The molecule has 10 heteroatoms. The zero-order chi connectivity index (χ0) is 14.8. The molecule has 0 aliphatic rings. The molecule has 0 fully saturated rings. The minimum Gasteiger partial charge on any atom is -0.480 e. The Labute approximate surface area is 107 Å². The minimum absolute atomic E-state index is 0.453. The highest BCUT2D eigenvalue weighted by Gasteiger charge is 2.24. The number of rotatable bonds is 5. The van der Waals surface area contributed by atoms with Gasteiger partial charge in [-0.15, -0.1) is 0 Å². The Morgan fingerprint density at radius 3 is 2.53 bits per heavy atom. The third-order valence-corrected chi connectivity index (χ3v) is 3.67. The molecule has 0 aromatic heterocycles. The van der Waals surface area contributed by atoms with Crippen LogP contribution in [0, 0.1) is 15.9 Å². The van der Waals surface area contributed by atoms with E-state index in [0.717, 1.165) is 13.0 Å². The van der Waals surface area contributed by atoms with E-state index in [9.17, 15) is 27.7 Å². The predicted octanol–water partition coefficient (Wildman–Crippen LogP) is 0.485. The molecule has 2 N–H and O–H groups in total. The van der Waals surface area contributed by atoms with Gasteiger partial charge in [-0.1, -0.05) is 0 Å². The number of nitro groups is 1. The van der Waals surface area contributed by atoms with Gasteiger partial charge in [0.05, 0.1) is 9.82 Å². The van der Waals surface area contributed by atoms with Crippen molar-refractivity contribution in [2.75, 3.05) is 0 Å². The quantitative estimate of drug-likeness (QED) is 0.600. The molecule has 1 aromatic carbocycles. The van der Waals surface area contributed by atoms with Gasteiger partial charge in [0, 0.05) is 12.1 Å². The summed E-state index contributed by atoms with van der Waals surface area (Å²) in [5.74, 6) is -2.73. The second-order valence-corrected chi connectivity index (χ2v) is 5.27. The fourth-order valence-electron chi connectivity index (χ4n) is 1.15. The normalized spacial score (nSPS) is 12.9. The fourth-order valence-corrected chi connectivity index (χ4v) is 2.36. The Kier molecular flexibility index (Phi) is 4.17. The number of hydrogen-bond donors (Lipinski definition) is 2. The second kappa shape index (κ2) is 5.28. The predicted molar refractivity (Wildman–Crippen MR) is 60.5 cm³/mol. The summed E-state index contributed by atoms with van der Waals surface area (Å²) in [6, 6.07) is 0.547. The summed E-state index contributed by atoms with van der Waals surface area (Å²) >= 11 is 0. The average Bonchev–Trinajstić information content (AvgIpc) is 2.27. The van der Waals surface area contributed by atoms with Gasteiger partial charge in [-0.3, -0.25) is 14.9 Å². The molecule has 1 aromatic rings. The summed E-state index contributed by atoms with van der Waals surface area (Å²) in [6.07, 6.45) is 0. The molecular formula is C9H9FN2O6S. The molecule has 0 heterocycles. The molecule has 0 radical (unpaired) electrons. The molecule has 0 spiro atoms. The first-order valence-electron chi connectivity index (χ1n) is 4.84. The summed E-state index contributed by atoms with van der Waals surface area (Å²) in [6.45, 7) is 1.08. The highest BCUT2D eigenvalue weighted by atomic mass is 32.2. The number of benzene rings is 1. The van der Waals surface area contributed by atoms with Crippen LogP contribution in [0.15, 0.2) is 23.1 Å². The van der Waals surface area contributed by atoms with Crippen LogP contribution in [0.3, 0.4) is 0 Å². The topological polar surface area (TPSA) is 127 Å². The lowest BCUT2D eigenvalue weighted by Gasteiger charge is -2.10. The highest BCUT2D eigenvalue weighted by molar-refractivity contribution is 7.89. The molecule has 0 amide bonds. The molecule has 0 saturated carbocycles. The SMILES string of the molecule is CC(NS(=O)(=O)c1ccc([N+](=O)[O-])c(F)c1)C(=O)O. The standard InChI is InChI=1S/C9H9FN2O6S/c1-5(9(13)14)11-19(17,18)6-2-3-8(12(15)16)7(10)4-6/h2-5,11H,1H3,(H,13,14). The number of halogens is 1. The third kappa shape index (κ3) is 3.45. The van der Waals surface area contributed by atoms with Gasteiger partial charge >= 0.3 is 11.7 Å². The summed E-state index contributed by atoms with van der Waals surface area (Å²) in [5, 5.41) is 18.9. The number of nitrogens with one attached hydrogen (secondary N) is 1. The molecule has 1 atom stereocenters. The van der Waals surface area contributed by atoms with E-state index in [-0.39, 0.29) is 0 Å². The number of aliphatic carboxylic acids is 1. The Morgan fingerprint density at radius 1 is 1.53 bits per heavy atom. The van der Waals surface area contributed by atoms with Gasteiger partial charge < -0.3 is 5.11 Å². The van der Waals surface area contributed by atoms with E-state index in [1.54, 1.807) is 4.72 Å². The number of carboxylic acid groups (broad SMARTS) is 1. The number of nitrogens with zero attached hydrogens (tertiary/aromatic N) is 1. The summed E-state index contributed by atoms with van der Waals surface area (Å²) in [5.41, 5.74) is -0.870. The van der Waals surface area contributed by atoms with E-state index in [1.807, 2.05) is 0 Å². The molecular weight excluding hydrogens is 283 g/mol. The van der Waals surface area contributed by atoms with E-state index >= 15 is 0 Å². The number of carboxylic acids is 1. The van der Waals surface area contributed by atoms with Crippen molar-refractivity contribution in [2.45, 2.75) is 17.9 Å². The summed E-state index contributed by atoms with van der Waals surface area (Å²) in [7, 11) is -4.26. The van der Waals surface area contributed by atoms with Crippen molar-refractivity contribution in [2.24, 2.45) is 0 Å². The molecule has 0 aliphatic carbocycles. The van der Waals surface area contributed by atoms with Crippen LogP contribution >= 0.6 is 0 Å². The lowest BCUT2D eigenvalue weighted by atomic mass is 10.3. The van der Waals surface area contributed by atoms with E-state index in [4.69, 9.17) is 5.11 Å². The van der Waals surface area contributed by atoms with Gasteiger partial charge in [0.25, 0.3) is 0 Å². The summed E-state index contributed by atoms with van der Waals surface area (Å²) in [4.78, 5) is 19.3. The van der Waals surface area contributed by atoms with Crippen molar-refractivity contribution in [3.63, 3.8) is 0 Å². The van der Waals surface area contributed by atoms with Gasteiger partial charge in [0.15, 0.2) is 0 Å².